The number of phosphoric acid groups is 1. The average Bonchev–Trinajstić information content (AvgIpc) is 1.67. The van der Waals surface area contributed by atoms with Crippen LogP contribution >= 0.6 is 7.82 Å². The Hall–Kier alpha value is -7.06. The Kier molecular flexibility index (Phi) is 15.3. The SMILES string of the molecule is CC(C)(C)c1ccc([Si](c2ccc(C(C)(C)C)cc2)(c2ccc(C(C)(C)C)cc2)c2cc3ccccc3c3c2OP(=O)(O)Oc2c([Si](c4ccc(C(C)(C)C)cc4)(c4ccc(C(C)(C)C)cc4)c4ccc(C(C)(C)C)cc4)cc4ccccc4c2-3)cc1. The summed E-state index contributed by atoms with van der Waals surface area (Å²) in [7, 11) is -12.5. The van der Waals surface area contributed by atoms with Crippen LogP contribution in [-0.2, 0) is 37.1 Å². The normalized spacial score (nSPS) is 14.2. The van der Waals surface area contributed by atoms with Gasteiger partial charge in [-0.15, -0.1) is 0 Å². The third kappa shape index (κ3) is 11.1. The molecule has 1 aliphatic rings. The molecule has 0 saturated carbocycles. The van der Waals surface area contributed by atoms with Gasteiger partial charge in [0.25, 0.3) is 0 Å². The second-order valence-corrected chi connectivity index (χ2v) is 39.7. The summed E-state index contributed by atoms with van der Waals surface area (Å²) in [6.45, 7) is 40.7. The average molecular weight is 1200 g/mol. The molecule has 1 aliphatic heterocycles. The van der Waals surface area contributed by atoms with Crippen molar-refractivity contribution >= 4 is 87.0 Å². The van der Waals surface area contributed by atoms with Crippen molar-refractivity contribution in [2.75, 3.05) is 0 Å². The Balaban J connectivity index is 1.37. The van der Waals surface area contributed by atoms with Crippen molar-refractivity contribution in [1.82, 2.24) is 0 Å². The fraction of sp³-hybridized carbons (Fsp3) is 0.300. The molecular formula is C80H89O4PSi2. The van der Waals surface area contributed by atoms with Gasteiger partial charge in [0.2, 0.25) is 0 Å². The summed E-state index contributed by atoms with van der Waals surface area (Å²) in [5, 5.41) is 12.3. The Morgan fingerprint density at radius 2 is 0.494 bits per heavy atom. The van der Waals surface area contributed by atoms with Crippen LogP contribution in [-0.4, -0.2) is 21.0 Å². The van der Waals surface area contributed by atoms with E-state index in [0.29, 0.717) is 11.5 Å². The van der Waals surface area contributed by atoms with Crippen molar-refractivity contribution in [3.8, 4) is 22.6 Å². The van der Waals surface area contributed by atoms with Gasteiger partial charge in [-0.3, -0.25) is 4.89 Å². The summed E-state index contributed by atoms with van der Waals surface area (Å²) in [5.74, 6) is 0.718. The Bertz CT molecular complexity index is 3700. The number of fused-ring (bicyclic) bond motifs is 7. The molecule has 1 N–H and O–H groups in total. The van der Waals surface area contributed by atoms with Crippen LogP contribution in [0.25, 0.3) is 32.7 Å². The molecule has 0 amide bonds. The highest BCUT2D eigenvalue weighted by molar-refractivity contribution is 7.48. The van der Waals surface area contributed by atoms with Gasteiger partial charge in [0.15, 0.2) is 16.1 Å². The second kappa shape index (κ2) is 21.6. The number of hydrogen-bond acceptors (Lipinski definition) is 3. The standard InChI is InChI=1S/C80H89O4PSi2/c1-75(2,3)55-27-39-61(40-28-55)86(62-41-29-56(30-42-62)76(4,5)6,63-43-31-57(32-44-63)77(7,8)9)69-51-53-23-19-21-25-67(53)71-72-68-26-22-20-24-54(68)52-70(74(72)84-85(81,82)83-73(69)71)87(64-45-33-58(34-46-64)78(10,11)12,65-47-35-59(36-48-65)79(13,14)15)66-49-37-60(38-50-66)80(16,17)18/h19-52H,1-18H3,(H,81,82). The highest BCUT2D eigenvalue weighted by Crippen LogP contribution is 2.57. The summed E-state index contributed by atoms with van der Waals surface area (Å²) in [5.41, 5.74) is 8.09. The largest absolute Gasteiger partial charge is 0.584 e. The molecule has 1 heterocycles. The molecule has 0 bridgehead atoms. The molecule has 87 heavy (non-hydrogen) atoms. The third-order valence-electron chi connectivity index (χ3n) is 18.6. The van der Waals surface area contributed by atoms with E-state index in [0.717, 1.165) is 74.2 Å². The third-order valence-corrected chi connectivity index (χ3v) is 29.0. The molecule has 446 valence electrons. The molecule has 0 aromatic heterocycles. The van der Waals surface area contributed by atoms with Crippen molar-refractivity contribution in [2.24, 2.45) is 0 Å². The first-order chi connectivity index (χ1) is 40.6. The van der Waals surface area contributed by atoms with Crippen molar-refractivity contribution in [1.29, 1.82) is 0 Å². The van der Waals surface area contributed by atoms with Crippen LogP contribution in [0.3, 0.4) is 0 Å². The minimum Gasteiger partial charge on any atom is -0.395 e. The van der Waals surface area contributed by atoms with Gasteiger partial charge in [-0.05, 0) is 129 Å². The van der Waals surface area contributed by atoms with Gasteiger partial charge in [0.1, 0.15) is 11.5 Å². The maximum Gasteiger partial charge on any atom is 0.584 e. The van der Waals surface area contributed by atoms with Crippen molar-refractivity contribution in [3.05, 3.63) is 240 Å². The number of hydrogen-bond donors (Lipinski definition) is 1. The van der Waals surface area contributed by atoms with Crippen LogP contribution in [0, 0.1) is 0 Å². The van der Waals surface area contributed by atoms with Crippen LogP contribution in [0.1, 0.15) is 158 Å². The highest BCUT2D eigenvalue weighted by Gasteiger charge is 2.51. The van der Waals surface area contributed by atoms with Crippen LogP contribution in [0.15, 0.2) is 206 Å². The van der Waals surface area contributed by atoms with Gasteiger partial charge in [-0.1, -0.05) is 331 Å². The summed E-state index contributed by atoms with van der Waals surface area (Å²) in [6, 6.07) is 77.1. The van der Waals surface area contributed by atoms with Crippen molar-refractivity contribution in [2.45, 2.75) is 157 Å². The molecule has 10 aromatic rings. The fourth-order valence-corrected chi connectivity index (χ4v) is 24.1. The monoisotopic (exact) mass is 1200 g/mol. The summed E-state index contributed by atoms with van der Waals surface area (Å²) < 4.78 is 30.7. The maximum atomic E-state index is 16.3. The minimum atomic E-state index is -5.13. The zero-order chi connectivity index (χ0) is 62.7. The van der Waals surface area contributed by atoms with Crippen LogP contribution in [0.5, 0.6) is 11.5 Å². The zero-order valence-corrected chi connectivity index (χ0v) is 57.6. The van der Waals surface area contributed by atoms with Gasteiger partial charge in [-0.25, -0.2) is 4.57 Å². The number of rotatable bonds is 8. The molecule has 11 rings (SSSR count). The van der Waals surface area contributed by atoms with Gasteiger partial charge in [0, 0.05) is 11.1 Å². The predicted octanol–water partition coefficient (Wildman–Crippen LogP) is 16.1. The Morgan fingerprint density at radius 3 is 0.690 bits per heavy atom. The Morgan fingerprint density at radius 1 is 0.299 bits per heavy atom. The molecule has 0 saturated heterocycles. The van der Waals surface area contributed by atoms with Gasteiger partial charge in [-0.2, -0.15) is 0 Å². The predicted molar refractivity (Wildman–Crippen MR) is 377 cm³/mol. The first-order valence-electron chi connectivity index (χ1n) is 31.1. The Labute approximate surface area is 521 Å². The maximum absolute atomic E-state index is 16.3. The lowest BCUT2D eigenvalue weighted by atomic mass is 9.87. The molecular weight excluding hydrogens is 1110 g/mol. The quantitative estimate of drug-likeness (QED) is 0.0936. The lowest BCUT2D eigenvalue weighted by Crippen LogP contribution is -2.75. The van der Waals surface area contributed by atoms with E-state index in [4.69, 9.17) is 9.05 Å². The minimum absolute atomic E-state index is 0.117. The molecule has 0 aliphatic carbocycles. The first kappa shape index (κ1) is 61.6. The lowest BCUT2D eigenvalue weighted by Gasteiger charge is -2.37. The lowest BCUT2D eigenvalue weighted by molar-refractivity contribution is 0.296. The van der Waals surface area contributed by atoms with E-state index in [-0.39, 0.29) is 32.5 Å². The van der Waals surface area contributed by atoms with E-state index in [9.17, 15) is 4.89 Å². The smallest absolute Gasteiger partial charge is 0.395 e. The topological polar surface area (TPSA) is 55.8 Å². The highest BCUT2D eigenvalue weighted by atomic mass is 31.2. The van der Waals surface area contributed by atoms with Gasteiger partial charge >= 0.3 is 7.82 Å². The fourth-order valence-electron chi connectivity index (χ4n) is 13.4. The van der Waals surface area contributed by atoms with E-state index < -0.39 is 24.0 Å². The van der Waals surface area contributed by atoms with Crippen LogP contribution < -0.4 is 50.5 Å². The van der Waals surface area contributed by atoms with E-state index in [1.165, 1.54) is 33.4 Å². The second-order valence-electron chi connectivity index (χ2n) is 30.8. The molecule has 4 nitrogen and oxygen atoms in total. The molecule has 0 unspecified atom stereocenters. The molecule has 0 radical (unpaired) electrons. The molecule has 7 heteroatoms. The summed E-state index contributed by atoms with van der Waals surface area (Å²) in [6.07, 6.45) is 0. The number of benzene rings is 10. The zero-order valence-electron chi connectivity index (χ0n) is 54.7. The van der Waals surface area contributed by atoms with E-state index in [1.807, 2.05) is 0 Å². The van der Waals surface area contributed by atoms with Crippen LogP contribution in [0.4, 0.5) is 0 Å². The van der Waals surface area contributed by atoms with Crippen molar-refractivity contribution in [3.63, 3.8) is 0 Å². The number of phosphoric ester groups is 1. The van der Waals surface area contributed by atoms with Crippen molar-refractivity contribution < 1.29 is 18.5 Å². The molecule has 0 spiro atoms. The first-order valence-corrected chi connectivity index (χ1v) is 36.6. The van der Waals surface area contributed by atoms with Gasteiger partial charge < -0.3 is 9.05 Å². The molecule has 0 atom stereocenters. The summed E-state index contributed by atoms with van der Waals surface area (Å²) >= 11 is 0. The van der Waals surface area contributed by atoms with E-state index in [2.05, 4.69) is 331 Å². The molecule has 10 aromatic carbocycles. The van der Waals surface area contributed by atoms with E-state index >= 15 is 4.57 Å². The van der Waals surface area contributed by atoms with Gasteiger partial charge in [0.05, 0.1) is 0 Å². The summed E-state index contributed by atoms with van der Waals surface area (Å²) in [4.78, 5) is 13.3. The van der Waals surface area contributed by atoms with Crippen LogP contribution in [0.2, 0.25) is 0 Å². The van der Waals surface area contributed by atoms with E-state index in [1.54, 1.807) is 0 Å². The molecule has 0 fully saturated rings.